The molecule has 0 aromatic heterocycles. The van der Waals surface area contributed by atoms with Crippen LogP contribution in [-0.4, -0.2) is 35.0 Å². The smallest absolute Gasteiger partial charge is 0.308 e. The predicted octanol–water partition coefficient (Wildman–Crippen LogP) is 1.68. The molecular weight excluding hydrogens is 237 g/mol. The summed E-state index contributed by atoms with van der Waals surface area (Å²) < 4.78 is 13.1. The fraction of sp³-hybridized carbons (Fsp3) is 0.385. The second kappa shape index (κ2) is 4.76. The van der Waals surface area contributed by atoms with Crippen LogP contribution < -0.4 is 0 Å². The highest BCUT2D eigenvalue weighted by atomic mass is 19.1. The van der Waals surface area contributed by atoms with E-state index in [1.807, 2.05) is 0 Å². The fourth-order valence-electron chi connectivity index (χ4n) is 2.11. The normalized spacial score (nSPS) is 19.0. The van der Waals surface area contributed by atoms with Crippen molar-refractivity contribution in [2.75, 3.05) is 13.1 Å². The van der Waals surface area contributed by atoms with Crippen LogP contribution in [0, 0.1) is 18.7 Å². The third-order valence-corrected chi connectivity index (χ3v) is 3.23. The molecule has 1 atom stereocenters. The summed E-state index contributed by atoms with van der Waals surface area (Å²) in [4.78, 5) is 24.4. The highest BCUT2D eigenvalue weighted by Gasteiger charge is 2.31. The molecule has 1 aliphatic rings. The molecule has 18 heavy (non-hydrogen) atoms. The van der Waals surface area contributed by atoms with Crippen LogP contribution in [0.2, 0.25) is 0 Å². The van der Waals surface area contributed by atoms with Gasteiger partial charge in [0.1, 0.15) is 5.82 Å². The van der Waals surface area contributed by atoms with Crippen molar-refractivity contribution in [1.29, 1.82) is 0 Å². The van der Waals surface area contributed by atoms with Gasteiger partial charge in [-0.25, -0.2) is 4.39 Å². The van der Waals surface area contributed by atoms with Gasteiger partial charge in [-0.15, -0.1) is 0 Å². The maximum atomic E-state index is 13.1. The van der Waals surface area contributed by atoms with Crippen LogP contribution in [0.3, 0.4) is 0 Å². The van der Waals surface area contributed by atoms with Gasteiger partial charge in [-0.3, -0.25) is 9.59 Å². The first-order valence-electron chi connectivity index (χ1n) is 5.77. The van der Waals surface area contributed by atoms with Gasteiger partial charge < -0.3 is 10.0 Å². The Balaban J connectivity index is 2.12. The average molecular weight is 251 g/mol. The Bertz CT molecular complexity index is 501. The molecule has 1 aromatic rings. The lowest BCUT2D eigenvalue weighted by Crippen LogP contribution is -2.30. The summed E-state index contributed by atoms with van der Waals surface area (Å²) in [5, 5.41) is 8.88. The van der Waals surface area contributed by atoms with Crippen molar-refractivity contribution in [3.05, 3.63) is 35.1 Å². The molecule has 1 heterocycles. The van der Waals surface area contributed by atoms with Crippen LogP contribution in [0.1, 0.15) is 22.3 Å². The van der Waals surface area contributed by atoms with Gasteiger partial charge in [0, 0.05) is 18.7 Å². The van der Waals surface area contributed by atoms with Crippen molar-refractivity contribution in [2.45, 2.75) is 13.3 Å². The Morgan fingerprint density at radius 1 is 1.44 bits per heavy atom. The van der Waals surface area contributed by atoms with E-state index in [1.54, 1.807) is 6.92 Å². The van der Waals surface area contributed by atoms with E-state index in [1.165, 1.54) is 23.1 Å². The lowest BCUT2D eigenvalue weighted by atomic mass is 10.1. The van der Waals surface area contributed by atoms with Crippen LogP contribution in [0.25, 0.3) is 0 Å². The number of carboxylic acids is 1. The van der Waals surface area contributed by atoms with Crippen molar-refractivity contribution < 1.29 is 19.1 Å². The Morgan fingerprint density at radius 2 is 2.17 bits per heavy atom. The summed E-state index contributed by atoms with van der Waals surface area (Å²) >= 11 is 0. The molecule has 96 valence electrons. The standard InChI is InChI=1S/C13H14FNO3/c1-8-6-9(2-3-11(8)14)12(16)15-5-4-10(7-15)13(17)18/h2-3,6,10H,4-5,7H2,1H3,(H,17,18). The number of halogens is 1. The fourth-order valence-corrected chi connectivity index (χ4v) is 2.11. The zero-order valence-corrected chi connectivity index (χ0v) is 10.0. The molecule has 1 fully saturated rings. The minimum Gasteiger partial charge on any atom is -0.481 e. The molecule has 1 aliphatic heterocycles. The van der Waals surface area contributed by atoms with Gasteiger partial charge in [-0.2, -0.15) is 0 Å². The quantitative estimate of drug-likeness (QED) is 0.870. The third kappa shape index (κ3) is 2.34. The number of aliphatic carboxylic acids is 1. The van der Waals surface area contributed by atoms with Gasteiger partial charge in [0.25, 0.3) is 5.91 Å². The number of carbonyl (C=O) groups is 2. The van der Waals surface area contributed by atoms with E-state index in [-0.39, 0.29) is 18.3 Å². The van der Waals surface area contributed by atoms with E-state index in [0.717, 1.165) is 0 Å². The molecule has 0 spiro atoms. The van der Waals surface area contributed by atoms with Crippen LogP contribution in [0.4, 0.5) is 4.39 Å². The topological polar surface area (TPSA) is 57.6 Å². The van der Waals surface area contributed by atoms with Gasteiger partial charge in [0.05, 0.1) is 5.92 Å². The van der Waals surface area contributed by atoms with E-state index in [0.29, 0.717) is 24.1 Å². The molecule has 4 nitrogen and oxygen atoms in total. The second-order valence-corrected chi connectivity index (χ2v) is 4.54. The maximum absolute atomic E-state index is 13.1. The summed E-state index contributed by atoms with van der Waals surface area (Å²) in [5.41, 5.74) is 0.815. The monoisotopic (exact) mass is 251 g/mol. The molecule has 5 heteroatoms. The maximum Gasteiger partial charge on any atom is 0.308 e. The first kappa shape index (κ1) is 12.5. The van der Waals surface area contributed by atoms with E-state index < -0.39 is 11.9 Å². The lowest BCUT2D eigenvalue weighted by molar-refractivity contribution is -0.141. The van der Waals surface area contributed by atoms with E-state index >= 15 is 0 Å². The molecule has 1 saturated heterocycles. The summed E-state index contributed by atoms with van der Waals surface area (Å²) in [5.74, 6) is -1.95. The Kier molecular flexibility index (Phi) is 3.32. The van der Waals surface area contributed by atoms with Crippen molar-refractivity contribution in [2.24, 2.45) is 5.92 Å². The predicted molar refractivity (Wildman–Crippen MR) is 62.8 cm³/mol. The van der Waals surface area contributed by atoms with Gasteiger partial charge in [0.15, 0.2) is 0 Å². The number of rotatable bonds is 2. The summed E-state index contributed by atoms with van der Waals surface area (Å²) in [7, 11) is 0. The van der Waals surface area contributed by atoms with Gasteiger partial charge in [-0.05, 0) is 37.1 Å². The summed E-state index contributed by atoms with van der Waals surface area (Å²) in [6.07, 6.45) is 0.473. The lowest BCUT2D eigenvalue weighted by Gasteiger charge is -2.16. The largest absolute Gasteiger partial charge is 0.481 e. The van der Waals surface area contributed by atoms with Crippen molar-refractivity contribution in [3.63, 3.8) is 0 Å². The highest BCUT2D eigenvalue weighted by Crippen LogP contribution is 2.19. The number of benzene rings is 1. The number of likely N-dealkylation sites (tertiary alicyclic amines) is 1. The Labute approximate surface area is 104 Å². The van der Waals surface area contributed by atoms with Crippen LogP contribution in [-0.2, 0) is 4.79 Å². The molecular formula is C13H14FNO3. The zero-order chi connectivity index (χ0) is 13.3. The van der Waals surface area contributed by atoms with Crippen molar-refractivity contribution >= 4 is 11.9 Å². The third-order valence-electron chi connectivity index (χ3n) is 3.23. The number of nitrogens with zero attached hydrogens (tertiary/aromatic N) is 1. The van der Waals surface area contributed by atoms with Gasteiger partial charge >= 0.3 is 5.97 Å². The average Bonchev–Trinajstić information content (AvgIpc) is 2.81. The summed E-state index contributed by atoms with van der Waals surface area (Å²) in [6, 6.07) is 4.18. The Morgan fingerprint density at radius 3 is 2.72 bits per heavy atom. The molecule has 0 saturated carbocycles. The van der Waals surface area contributed by atoms with Crippen molar-refractivity contribution in [1.82, 2.24) is 4.90 Å². The number of carboxylic acid groups (broad SMARTS) is 1. The number of carbonyl (C=O) groups excluding carboxylic acids is 1. The molecule has 1 amide bonds. The van der Waals surface area contributed by atoms with Gasteiger partial charge in [0.2, 0.25) is 0 Å². The zero-order valence-electron chi connectivity index (χ0n) is 10.0. The molecule has 1 N–H and O–H groups in total. The minimum atomic E-state index is -0.874. The number of aryl methyl sites for hydroxylation is 1. The SMILES string of the molecule is Cc1cc(C(=O)N2CCC(C(=O)O)C2)ccc1F. The number of hydrogen-bond acceptors (Lipinski definition) is 2. The molecule has 0 radical (unpaired) electrons. The van der Waals surface area contributed by atoms with E-state index in [4.69, 9.17) is 5.11 Å². The van der Waals surface area contributed by atoms with Crippen LogP contribution >= 0.6 is 0 Å². The van der Waals surface area contributed by atoms with E-state index in [2.05, 4.69) is 0 Å². The number of hydrogen-bond donors (Lipinski definition) is 1. The number of amides is 1. The van der Waals surface area contributed by atoms with Crippen molar-refractivity contribution in [3.8, 4) is 0 Å². The second-order valence-electron chi connectivity index (χ2n) is 4.54. The summed E-state index contributed by atoms with van der Waals surface area (Å²) in [6.45, 7) is 2.26. The van der Waals surface area contributed by atoms with Crippen LogP contribution in [0.15, 0.2) is 18.2 Å². The van der Waals surface area contributed by atoms with Crippen LogP contribution in [0.5, 0.6) is 0 Å². The van der Waals surface area contributed by atoms with E-state index in [9.17, 15) is 14.0 Å². The highest BCUT2D eigenvalue weighted by molar-refractivity contribution is 5.95. The molecule has 0 aliphatic carbocycles. The first-order chi connectivity index (χ1) is 8.49. The van der Waals surface area contributed by atoms with Gasteiger partial charge in [-0.1, -0.05) is 0 Å². The molecule has 1 aromatic carbocycles. The molecule has 2 rings (SSSR count). The Hall–Kier alpha value is -1.91. The molecule has 0 bridgehead atoms. The minimum absolute atomic E-state index is 0.227. The molecule has 1 unspecified atom stereocenters. The first-order valence-corrected chi connectivity index (χ1v) is 5.77.